The molecular formula is C25H28N2O7S. The van der Waals surface area contributed by atoms with E-state index in [1.54, 1.807) is 48.5 Å². The molecule has 0 heterocycles. The molecule has 2 unspecified atom stereocenters. The maximum Gasteiger partial charge on any atom is 0.334 e. The van der Waals surface area contributed by atoms with Crippen molar-refractivity contribution in [1.29, 1.82) is 0 Å². The molecule has 0 saturated heterocycles. The van der Waals surface area contributed by atoms with E-state index in [1.165, 1.54) is 13.0 Å². The first-order valence-corrected chi connectivity index (χ1v) is 12.3. The predicted molar refractivity (Wildman–Crippen MR) is 132 cm³/mol. The number of aliphatic carboxylic acids is 2. The average Bonchev–Trinajstić information content (AvgIpc) is 2.81. The molecule has 3 aromatic carbocycles. The number of hydrogen-bond donors (Lipinski definition) is 2. The Morgan fingerprint density at radius 2 is 1.54 bits per heavy atom. The van der Waals surface area contributed by atoms with E-state index < -0.39 is 40.7 Å². The van der Waals surface area contributed by atoms with Gasteiger partial charge in [-0.2, -0.15) is 4.31 Å². The van der Waals surface area contributed by atoms with Gasteiger partial charge in [0, 0.05) is 37.1 Å². The van der Waals surface area contributed by atoms with Gasteiger partial charge in [0.15, 0.2) is 6.10 Å². The van der Waals surface area contributed by atoms with Crippen molar-refractivity contribution >= 4 is 38.4 Å². The lowest BCUT2D eigenvalue weighted by Crippen LogP contribution is -2.49. The highest BCUT2D eigenvalue weighted by molar-refractivity contribution is 7.89. The van der Waals surface area contributed by atoms with Crippen molar-refractivity contribution in [3.05, 3.63) is 72.3 Å². The maximum absolute atomic E-state index is 14.1. The number of benzene rings is 3. The van der Waals surface area contributed by atoms with Crippen LogP contribution in [0.25, 0.3) is 10.8 Å². The van der Waals surface area contributed by atoms with Crippen molar-refractivity contribution in [2.75, 3.05) is 25.6 Å². The van der Waals surface area contributed by atoms with Crippen molar-refractivity contribution < 1.29 is 33.0 Å². The van der Waals surface area contributed by atoms with Crippen LogP contribution in [0.2, 0.25) is 0 Å². The number of rotatable bonds is 11. The zero-order valence-corrected chi connectivity index (χ0v) is 20.5. The summed E-state index contributed by atoms with van der Waals surface area (Å²) >= 11 is 0. The van der Waals surface area contributed by atoms with Crippen LogP contribution >= 0.6 is 0 Å². The summed E-state index contributed by atoms with van der Waals surface area (Å²) in [6.45, 7) is 0.396. The monoisotopic (exact) mass is 500 g/mol. The number of carboxylic acids is 2. The third-order valence-corrected chi connectivity index (χ3v) is 7.62. The summed E-state index contributed by atoms with van der Waals surface area (Å²) < 4.78 is 34.3. The Labute approximate surface area is 204 Å². The fourth-order valence-electron chi connectivity index (χ4n) is 3.95. The van der Waals surface area contributed by atoms with Crippen molar-refractivity contribution in [3.8, 4) is 0 Å². The second-order valence-electron chi connectivity index (χ2n) is 8.26. The number of nitrogens with zero attached hydrogens (tertiary/aromatic N) is 2. The van der Waals surface area contributed by atoms with Gasteiger partial charge in [-0.1, -0.05) is 54.6 Å². The smallest absolute Gasteiger partial charge is 0.334 e. The lowest BCUT2D eigenvalue weighted by molar-refractivity contribution is -0.159. The highest BCUT2D eigenvalue weighted by Crippen LogP contribution is 2.33. The third-order valence-electron chi connectivity index (χ3n) is 5.63. The van der Waals surface area contributed by atoms with Crippen molar-refractivity contribution in [3.63, 3.8) is 0 Å². The Morgan fingerprint density at radius 1 is 0.914 bits per heavy atom. The highest BCUT2D eigenvalue weighted by Gasteiger charge is 2.38. The lowest BCUT2D eigenvalue weighted by Gasteiger charge is -2.32. The Balaban J connectivity index is 2.16. The number of anilines is 1. The predicted octanol–water partition coefficient (Wildman–Crippen LogP) is 3.04. The Hall–Kier alpha value is -3.47. The van der Waals surface area contributed by atoms with Gasteiger partial charge in [-0.25, -0.2) is 18.0 Å². The topological polar surface area (TPSA) is 124 Å². The number of fused-ring (bicyclic) bond motifs is 1. The van der Waals surface area contributed by atoms with Crippen molar-refractivity contribution in [1.82, 2.24) is 4.31 Å². The van der Waals surface area contributed by atoms with Gasteiger partial charge in [-0.3, -0.25) is 0 Å². The highest BCUT2D eigenvalue weighted by atomic mass is 32.2. The van der Waals surface area contributed by atoms with Gasteiger partial charge in [-0.05, 0) is 24.6 Å². The molecule has 0 spiro atoms. The van der Waals surface area contributed by atoms with Crippen LogP contribution in [-0.4, -0.2) is 67.7 Å². The van der Waals surface area contributed by atoms with E-state index in [4.69, 9.17) is 9.84 Å². The zero-order chi connectivity index (χ0) is 25.8. The molecule has 0 saturated carbocycles. The summed E-state index contributed by atoms with van der Waals surface area (Å²) in [5, 5.41) is 19.9. The second-order valence-corrected chi connectivity index (χ2v) is 10.1. The summed E-state index contributed by atoms with van der Waals surface area (Å²) in [4.78, 5) is 24.9. The number of ether oxygens (including phenoxy) is 1. The molecule has 3 rings (SSSR count). The fourth-order valence-corrected chi connectivity index (χ4v) is 5.77. The van der Waals surface area contributed by atoms with E-state index in [0.29, 0.717) is 10.9 Å². The second kappa shape index (κ2) is 10.9. The summed E-state index contributed by atoms with van der Waals surface area (Å²) in [6, 6.07) is 17.8. The van der Waals surface area contributed by atoms with Crippen LogP contribution in [0.4, 0.5) is 5.69 Å². The molecule has 2 atom stereocenters. The Kier molecular flexibility index (Phi) is 8.11. The standard InChI is InChI=1S/C25H28N2O7S/c1-17(24(25(30)31)34-16-23(28)29)27(15-18-9-5-4-6-10-18)35(32,33)22-14-8-11-19-20(22)12-7-13-21(19)26(2)3/h4-14,17,24H,15-16H2,1-3H3,(H,28,29)(H,30,31). The van der Waals surface area contributed by atoms with Gasteiger partial charge < -0.3 is 19.8 Å². The quantitative estimate of drug-likeness (QED) is 0.412. The minimum Gasteiger partial charge on any atom is -0.480 e. The average molecular weight is 501 g/mol. The van der Waals surface area contributed by atoms with Gasteiger partial charge in [-0.15, -0.1) is 0 Å². The summed E-state index contributed by atoms with van der Waals surface area (Å²) in [6.07, 6.45) is -1.70. The van der Waals surface area contributed by atoms with Crippen LogP contribution < -0.4 is 4.90 Å². The lowest BCUT2D eigenvalue weighted by atomic mass is 10.1. The summed E-state index contributed by atoms with van der Waals surface area (Å²) in [5.41, 5.74) is 1.47. The molecule has 9 nitrogen and oxygen atoms in total. The molecule has 186 valence electrons. The molecule has 35 heavy (non-hydrogen) atoms. The minimum absolute atomic E-state index is 0.0175. The van der Waals surface area contributed by atoms with Gasteiger partial charge in [0.05, 0.1) is 10.9 Å². The van der Waals surface area contributed by atoms with Gasteiger partial charge in [0.2, 0.25) is 10.0 Å². The first kappa shape index (κ1) is 26.1. The van der Waals surface area contributed by atoms with Gasteiger partial charge >= 0.3 is 11.9 Å². The number of carboxylic acid groups (broad SMARTS) is 2. The third kappa shape index (κ3) is 5.79. The van der Waals surface area contributed by atoms with E-state index in [-0.39, 0.29) is 11.4 Å². The van der Waals surface area contributed by atoms with Crippen LogP contribution in [0.1, 0.15) is 12.5 Å². The van der Waals surface area contributed by atoms with Crippen LogP contribution in [0.3, 0.4) is 0 Å². The van der Waals surface area contributed by atoms with E-state index in [2.05, 4.69) is 0 Å². The molecule has 0 aromatic heterocycles. The van der Waals surface area contributed by atoms with Gasteiger partial charge in [0.25, 0.3) is 0 Å². The van der Waals surface area contributed by atoms with E-state index in [1.807, 2.05) is 31.1 Å². The molecule has 0 radical (unpaired) electrons. The SMILES string of the molecule is CC(C(OCC(=O)O)C(=O)O)N(Cc1ccccc1)S(=O)(=O)c1cccc2c(N(C)C)cccc12. The van der Waals surface area contributed by atoms with Crippen LogP contribution in [-0.2, 0) is 30.9 Å². The molecule has 0 aliphatic heterocycles. The molecule has 10 heteroatoms. The molecule has 0 amide bonds. The van der Waals surface area contributed by atoms with Crippen molar-refractivity contribution in [2.24, 2.45) is 0 Å². The van der Waals surface area contributed by atoms with E-state index in [9.17, 15) is 23.1 Å². The molecule has 2 N–H and O–H groups in total. The molecule has 3 aromatic rings. The molecular weight excluding hydrogens is 472 g/mol. The summed E-state index contributed by atoms with van der Waals surface area (Å²) in [5.74, 6) is -2.81. The van der Waals surface area contributed by atoms with Crippen LogP contribution in [0, 0.1) is 0 Å². The van der Waals surface area contributed by atoms with Crippen LogP contribution in [0.5, 0.6) is 0 Å². The minimum atomic E-state index is -4.26. The largest absolute Gasteiger partial charge is 0.480 e. The van der Waals surface area contributed by atoms with Crippen molar-refractivity contribution in [2.45, 2.75) is 30.5 Å². The molecule has 0 fully saturated rings. The normalized spacial score (nSPS) is 13.5. The van der Waals surface area contributed by atoms with Gasteiger partial charge in [0.1, 0.15) is 6.61 Å². The molecule has 0 bridgehead atoms. The molecule has 0 aliphatic rings. The fraction of sp³-hybridized carbons (Fsp3) is 0.280. The molecule has 0 aliphatic carbocycles. The first-order valence-electron chi connectivity index (χ1n) is 10.8. The Morgan fingerprint density at radius 3 is 2.14 bits per heavy atom. The van der Waals surface area contributed by atoms with E-state index in [0.717, 1.165) is 15.4 Å². The summed E-state index contributed by atoms with van der Waals surface area (Å²) in [7, 11) is -0.544. The number of sulfonamides is 1. The maximum atomic E-state index is 14.1. The first-order chi connectivity index (χ1) is 16.5. The van der Waals surface area contributed by atoms with E-state index >= 15 is 0 Å². The van der Waals surface area contributed by atoms with Crippen LogP contribution in [0.15, 0.2) is 71.6 Å². The Bertz CT molecular complexity index is 1310. The number of carbonyl (C=O) groups is 2. The number of hydrogen-bond acceptors (Lipinski definition) is 6. The zero-order valence-electron chi connectivity index (χ0n) is 19.7.